The molecule has 0 unspecified atom stereocenters. The number of hydrogen-bond acceptors (Lipinski definition) is 0. The quantitative estimate of drug-likeness (QED) is 0.486. The van der Waals surface area contributed by atoms with Crippen molar-refractivity contribution in [3.63, 3.8) is 0 Å². The monoisotopic (exact) mass is 136 g/mol. The first-order chi connectivity index (χ1) is 4.83. The number of hydrogen-bond donors (Lipinski definition) is 0. The van der Waals surface area contributed by atoms with Gasteiger partial charge in [-0.1, -0.05) is 31.2 Å². The minimum atomic E-state index is 0.787. The van der Waals surface area contributed by atoms with E-state index in [0.29, 0.717) is 0 Å². The molecule has 0 N–H and O–H groups in total. The van der Waals surface area contributed by atoms with Gasteiger partial charge in [0.2, 0.25) is 0 Å². The molecule has 0 aliphatic heterocycles. The van der Waals surface area contributed by atoms with Gasteiger partial charge in [0.15, 0.2) is 0 Å². The van der Waals surface area contributed by atoms with E-state index < -0.39 is 0 Å². The van der Waals surface area contributed by atoms with Crippen molar-refractivity contribution >= 4 is 0 Å². The van der Waals surface area contributed by atoms with E-state index in [1.165, 1.54) is 12.8 Å². The van der Waals surface area contributed by atoms with Crippen molar-refractivity contribution in [2.24, 2.45) is 11.8 Å². The fourth-order valence-corrected chi connectivity index (χ4v) is 1.57. The van der Waals surface area contributed by atoms with E-state index in [4.69, 9.17) is 0 Å². The van der Waals surface area contributed by atoms with E-state index in [2.05, 4.69) is 38.2 Å². The van der Waals surface area contributed by atoms with E-state index in [0.717, 1.165) is 11.8 Å². The van der Waals surface area contributed by atoms with Gasteiger partial charge in [0.1, 0.15) is 0 Å². The third kappa shape index (κ3) is 2.02. The minimum Gasteiger partial charge on any atom is -0.0914 e. The molecular formula is C10H16. The van der Waals surface area contributed by atoms with Gasteiger partial charge in [-0.3, -0.25) is 0 Å². The van der Waals surface area contributed by atoms with Crippen LogP contribution in [-0.2, 0) is 0 Å². The van der Waals surface area contributed by atoms with Crippen LogP contribution < -0.4 is 0 Å². The molecule has 0 aromatic carbocycles. The Balaban J connectivity index is 2.44. The molecule has 56 valence electrons. The van der Waals surface area contributed by atoms with Gasteiger partial charge >= 0.3 is 0 Å². The van der Waals surface area contributed by atoms with E-state index in [1.807, 2.05) is 0 Å². The lowest BCUT2D eigenvalue weighted by atomic mass is 9.88. The molecular weight excluding hydrogens is 120 g/mol. The van der Waals surface area contributed by atoms with Crippen LogP contribution in [0.3, 0.4) is 0 Å². The topological polar surface area (TPSA) is 0 Å². The first-order valence-electron chi connectivity index (χ1n) is 4.12. The SMILES string of the molecule is C/C=C/[C@@H]1CC=C[C@H](C)C1. The highest BCUT2D eigenvalue weighted by Gasteiger charge is 2.10. The largest absolute Gasteiger partial charge is 0.0914 e. The van der Waals surface area contributed by atoms with Gasteiger partial charge in [-0.25, -0.2) is 0 Å². The van der Waals surface area contributed by atoms with Crippen LogP contribution in [0.1, 0.15) is 26.7 Å². The molecule has 0 aromatic rings. The van der Waals surface area contributed by atoms with Gasteiger partial charge in [-0.15, -0.1) is 0 Å². The lowest BCUT2D eigenvalue weighted by molar-refractivity contribution is 0.489. The Kier molecular flexibility index (Phi) is 2.73. The second kappa shape index (κ2) is 3.60. The van der Waals surface area contributed by atoms with E-state index in [-0.39, 0.29) is 0 Å². The highest BCUT2D eigenvalue weighted by Crippen LogP contribution is 2.23. The molecule has 2 atom stereocenters. The van der Waals surface area contributed by atoms with Crippen molar-refractivity contribution in [3.05, 3.63) is 24.3 Å². The zero-order valence-corrected chi connectivity index (χ0v) is 6.88. The van der Waals surface area contributed by atoms with Crippen molar-refractivity contribution in [2.75, 3.05) is 0 Å². The molecule has 0 heteroatoms. The molecule has 0 amide bonds. The summed E-state index contributed by atoms with van der Waals surface area (Å²) < 4.78 is 0. The van der Waals surface area contributed by atoms with Crippen LogP contribution in [0.2, 0.25) is 0 Å². The van der Waals surface area contributed by atoms with Crippen molar-refractivity contribution in [1.82, 2.24) is 0 Å². The molecule has 0 bridgehead atoms. The number of allylic oxidation sites excluding steroid dienone is 4. The Morgan fingerprint density at radius 2 is 2.30 bits per heavy atom. The lowest BCUT2D eigenvalue weighted by Crippen LogP contribution is -2.05. The highest BCUT2D eigenvalue weighted by atomic mass is 14.2. The summed E-state index contributed by atoms with van der Waals surface area (Å²) in [7, 11) is 0. The summed E-state index contributed by atoms with van der Waals surface area (Å²) in [5.74, 6) is 1.60. The van der Waals surface area contributed by atoms with Crippen LogP contribution in [0.5, 0.6) is 0 Å². The highest BCUT2D eigenvalue weighted by molar-refractivity contribution is 5.00. The van der Waals surface area contributed by atoms with Crippen LogP contribution in [0, 0.1) is 11.8 Å². The molecule has 0 saturated heterocycles. The van der Waals surface area contributed by atoms with Crippen molar-refractivity contribution in [2.45, 2.75) is 26.7 Å². The van der Waals surface area contributed by atoms with Crippen molar-refractivity contribution < 1.29 is 0 Å². The Hall–Kier alpha value is -0.520. The molecule has 1 aliphatic rings. The smallest absolute Gasteiger partial charge is 0.0194 e. The summed E-state index contributed by atoms with van der Waals surface area (Å²) in [6.45, 7) is 4.38. The average molecular weight is 136 g/mol. The summed E-state index contributed by atoms with van der Waals surface area (Å²) in [6.07, 6.45) is 11.7. The fraction of sp³-hybridized carbons (Fsp3) is 0.600. The third-order valence-electron chi connectivity index (χ3n) is 2.04. The summed E-state index contributed by atoms with van der Waals surface area (Å²) in [4.78, 5) is 0. The maximum absolute atomic E-state index is 2.32. The van der Waals surface area contributed by atoms with E-state index >= 15 is 0 Å². The molecule has 0 radical (unpaired) electrons. The van der Waals surface area contributed by atoms with E-state index in [1.54, 1.807) is 0 Å². The zero-order chi connectivity index (χ0) is 7.40. The van der Waals surface area contributed by atoms with Crippen LogP contribution in [0.15, 0.2) is 24.3 Å². The van der Waals surface area contributed by atoms with Gasteiger partial charge in [-0.2, -0.15) is 0 Å². The van der Waals surface area contributed by atoms with Crippen molar-refractivity contribution in [1.29, 1.82) is 0 Å². The Morgan fingerprint density at radius 3 is 2.90 bits per heavy atom. The normalized spacial score (nSPS) is 33.4. The summed E-state index contributed by atoms with van der Waals surface area (Å²) in [6, 6.07) is 0. The predicted octanol–water partition coefficient (Wildman–Crippen LogP) is 3.16. The number of rotatable bonds is 1. The van der Waals surface area contributed by atoms with Crippen LogP contribution in [0.4, 0.5) is 0 Å². The maximum Gasteiger partial charge on any atom is -0.0194 e. The predicted molar refractivity (Wildman–Crippen MR) is 45.8 cm³/mol. The van der Waals surface area contributed by atoms with Gasteiger partial charge in [0, 0.05) is 0 Å². The van der Waals surface area contributed by atoms with Crippen LogP contribution in [0.25, 0.3) is 0 Å². The Morgan fingerprint density at radius 1 is 1.50 bits per heavy atom. The molecule has 0 aromatic heterocycles. The average Bonchev–Trinajstić information content (AvgIpc) is 1.88. The fourth-order valence-electron chi connectivity index (χ4n) is 1.57. The lowest BCUT2D eigenvalue weighted by Gasteiger charge is -2.18. The first-order valence-corrected chi connectivity index (χ1v) is 4.12. The zero-order valence-electron chi connectivity index (χ0n) is 6.88. The molecule has 1 aliphatic carbocycles. The van der Waals surface area contributed by atoms with Crippen molar-refractivity contribution in [3.8, 4) is 0 Å². The molecule has 0 saturated carbocycles. The van der Waals surface area contributed by atoms with Crippen LogP contribution in [-0.4, -0.2) is 0 Å². The van der Waals surface area contributed by atoms with Gasteiger partial charge < -0.3 is 0 Å². The second-order valence-corrected chi connectivity index (χ2v) is 3.16. The molecule has 0 spiro atoms. The maximum atomic E-state index is 2.32. The molecule has 0 fully saturated rings. The Bertz CT molecular complexity index is 142. The molecule has 0 heterocycles. The standard InChI is InChI=1S/C10H16/c1-3-5-10-7-4-6-9(2)8-10/h3-6,9-10H,7-8H2,1-2H3/b5-3+/t9-,10+/m0/s1. The second-order valence-electron chi connectivity index (χ2n) is 3.16. The van der Waals surface area contributed by atoms with Gasteiger partial charge in [-0.05, 0) is 31.6 Å². The first kappa shape index (κ1) is 7.59. The third-order valence-corrected chi connectivity index (χ3v) is 2.04. The molecule has 0 nitrogen and oxygen atoms in total. The van der Waals surface area contributed by atoms with Gasteiger partial charge in [0.25, 0.3) is 0 Å². The summed E-state index contributed by atoms with van der Waals surface area (Å²) in [5, 5.41) is 0. The minimum absolute atomic E-state index is 0.787. The summed E-state index contributed by atoms with van der Waals surface area (Å²) >= 11 is 0. The Labute approximate surface area is 63.6 Å². The van der Waals surface area contributed by atoms with Gasteiger partial charge in [0.05, 0.1) is 0 Å². The summed E-state index contributed by atoms with van der Waals surface area (Å²) in [5.41, 5.74) is 0. The molecule has 10 heavy (non-hydrogen) atoms. The van der Waals surface area contributed by atoms with E-state index in [9.17, 15) is 0 Å². The van der Waals surface area contributed by atoms with Crippen LogP contribution >= 0.6 is 0 Å². The molecule has 1 rings (SSSR count).